The fraction of sp³-hybridized carbons (Fsp3) is 0.714. The zero-order valence-electron chi connectivity index (χ0n) is 11.3. The van der Waals surface area contributed by atoms with Crippen LogP contribution in [0, 0.1) is 6.92 Å². The van der Waals surface area contributed by atoms with Crippen LogP contribution in [0.5, 0.6) is 0 Å². The van der Waals surface area contributed by atoms with Crippen molar-refractivity contribution in [1.29, 1.82) is 0 Å². The molecule has 0 aromatic carbocycles. The van der Waals surface area contributed by atoms with Crippen LogP contribution in [0.3, 0.4) is 0 Å². The molecule has 1 aliphatic rings. The van der Waals surface area contributed by atoms with Crippen molar-refractivity contribution >= 4 is 0 Å². The van der Waals surface area contributed by atoms with E-state index in [1.54, 1.807) is 0 Å². The van der Waals surface area contributed by atoms with Crippen molar-refractivity contribution < 1.29 is 13.9 Å². The maximum Gasteiger partial charge on any atom is 0.120 e. The molecular formula is C14H23NO3. The smallest absolute Gasteiger partial charge is 0.120 e. The summed E-state index contributed by atoms with van der Waals surface area (Å²) in [7, 11) is 0. The quantitative estimate of drug-likeness (QED) is 0.758. The number of aryl methyl sites for hydroxylation is 1. The van der Waals surface area contributed by atoms with E-state index in [2.05, 4.69) is 12.2 Å². The Morgan fingerprint density at radius 2 is 2.39 bits per heavy atom. The van der Waals surface area contributed by atoms with Gasteiger partial charge in [0.15, 0.2) is 0 Å². The molecule has 0 radical (unpaired) electrons. The highest BCUT2D eigenvalue weighted by molar-refractivity contribution is 5.08. The fourth-order valence-corrected chi connectivity index (χ4v) is 2.12. The second-order valence-electron chi connectivity index (χ2n) is 4.83. The molecular weight excluding hydrogens is 230 g/mol. The third kappa shape index (κ3) is 4.12. The number of hydrogen-bond donors (Lipinski definition) is 1. The third-order valence-corrected chi connectivity index (χ3v) is 3.21. The van der Waals surface area contributed by atoms with Gasteiger partial charge in [-0.1, -0.05) is 0 Å². The molecule has 1 saturated heterocycles. The van der Waals surface area contributed by atoms with Gasteiger partial charge in [0.2, 0.25) is 0 Å². The largest absolute Gasteiger partial charge is 0.465 e. The first-order chi connectivity index (χ1) is 8.75. The molecule has 4 nitrogen and oxygen atoms in total. The van der Waals surface area contributed by atoms with E-state index in [1.165, 1.54) is 6.42 Å². The van der Waals surface area contributed by atoms with Crippen LogP contribution < -0.4 is 5.32 Å². The summed E-state index contributed by atoms with van der Waals surface area (Å²) >= 11 is 0. The standard InChI is InChI=1S/C14H23NO3/c1-11-5-6-14(18-11)12(2)15-7-9-16-10-13-4-3-8-17-13/h5-6,12-13,15H,3-4,7-10H2,1-2H3. The van der Waals surface area contributed by atoms with Gasteiger partial charge in [-0.25, -0.2) is 0 Å². The molecule has 2 heterocycles. The van der Waals surface area contributed by atoms with E-state index >= 15 is 0 Å². The van der Waals surface area contributed by atoms with Crippen LogP contribution in [-0.4, -0.2) is 32.5 Å². The van der Waals surface area contributed by atoms with Crippen LogP contribution in [0.1, 0.15) is 37.3 Å². The lowest BCUT2D eigenvalue weighted by Crippen LogP contribution is -2.24. The van der Waals surface area contributed by atoms with E-state index in [4.69, 9.17) is 13.9 Å². The van der Waals surface area contributed by atoms with Crippen molar-refractivity contribution in [2.75, 3.05) is 26.4 Å². The zero-order chi connectivity index (χ0) is 12.8. The number of rotatable bonds is 7. The predicted octanol–water partition coefficient (Wildman–Crippen LogP) is 2.43. The molecule has 1 fully saturated rings. The van der Waals surface area contributed by atoms with Crippen LogP contribution >= 0.6 is 0 Å². The number of furan rings is 1. The summed E-state index contributed by atoms with van der Waals surface area (Å²) < 4.78 is 16.6. The van der Waals surface area contributed by atoms with Gasteiger partial charge in [0.05, 0.1) is 25.4 Å². The van der Waals surface area contributed by atoms with E-state index < -0.39 is 0 Å². The van der Waals surface area contributed by atoms with Gasteiger partial charge in [-0.15, -0.1) is 0 Å². The molecule has 102 valence electrons. The van der Waals surface area contributed by atoms with Gasteiger partial charge < -0.3 is 19.2 Å². The molecule has 0 saturated carbocycles. The highest BCUT2D eigenvalue weighted by Gasteiger charge is 2.15. The molecule has 0 bridgehead atoms. The Morgan fingerprint density at radius 1 is 1.50 bits per heavy atom. The Kier molecular flexibility index (Phi) is 5.23. The molecule has 0 spiro atoms. The number of hydrogen-bond acceptors (Lipinski definition) is 4. The molecule has 1 aliphatic heterocycles. The van der Waals surface area contributed by atoms with E-state index in [9.17, 15) is 0 Å². The summed E-state index contributed by atoms with van der Waals surface area (Å²) in [4.78, 5) is 0. The molecule has 18 heavy (non-hydrogen) atoms. The van der Waals surface area contributed by atoms with Crippen LogP contribution in [-0.2, 0) is 9.47 Å². The number of ether oxygens (including phenoxy) is 2. The molecule has 0 aliphatic carbocycles. The van der Waals surface area contributed by atoms with Crippen molar-refractivity contribution in [2.24, 2.45) is 0 Å². The summed E-state index contributed by atoms with van der Waals surface area (Å²) in [5, 5.41) is 3.38. The van der Waals surface area contributed by atoms with Crippen LogP contribution in [0.25, 0.3) is 0 Å². The van der Waals surface area contributed by atoms with Crippen molar-refractivity contribution in [3.63, 3.8) is 0 Å². The lowest BCUT2D eigenvalue weighted by Gasteiger charge is -2.13. The molecule has 1 aromatic rings. The van der Waals surface area contributed by atoms with Crippen LogP contribution in [0.4, 0.5) is 0 Å². The molecule has 2 atom stereocenters. The van der Waals surface area contributed by atoms with Crippen molar-refractivity contribution in [3.8, 4) is 0 Å². The minimum absolute atomic E-state index is 0.227. The topological polar surface area (TPSA) is 43.6 Å². The summed E-state index contributed by atoms with van der Waals surface area (Å²) in [6.07, 6.45) is 2.62. The van der Waals surface area contributed by atoms with Gasteiger partial charge in [-0.3, -0.25) is 0 Å². The van der Waals surface area contributed by atoms with Crippen molar-refractivity contribution in [1.82, 2.24) is 5.32 Å². The van der Waals surface area contributed by atoms with E-state index in [0.29, 0.717) is 12.7 Å². The third-order valence-electron chi connectivity index (χ3n) is 3.21. The second-order valence-corrected chi connectivity index (χ2v) is 4.83. The molecule has 2 rings (SSSR count). The first-order valence-electron chi connectivity index (χ1n) is 6.75. The lowest BCUT2D eigenvalue weighted by molar-refractivity contribution is 0.0178. The van der Waals surface area contributed by atoms with Gasteiger partial charge >= 0.3 is 0 Å². The first kappa shape index (κ1) is 13.6. The molecule has 2 unspecified atom stereocenters. The summed E-state index contributed by atoms with van der Waals surface area (Å²) in [5.41, 5.74) is 0. The number of nitrogens with one attached hydrogen (secondary N) is 1. The maximum absolute atomic E-state index is 5.59. The van der Waals surface area contributed by atoms with E-state index in [-0.39, 0.29) is 6.04 Å². The first-order valence-corrected chi connectivity index (χ1v) is 6.75. The van der Waals surface area contributed by atoms with Crippen LogP contribution in [0.15, 0.2) is 16.5 Å². The normalized spacial score (nSPS) is 21.3. The minimum Gasteiger partial charge on any atom is -0.465 e. The van der Waals surface area contributed by atoms with E-state index in [1.807, 2.05) is 19.1 Å². The van der Waals surface area contributed by atoms with E-state index in [0.717, 1.165) is 37.7 Å². The Morgan fingerprint density at radius 3 is 3.06 bits per heavy atom. The van der Waals surface area contributed by atoms with Gasteiger partial charge in [0.1, 0.15) is 11.5 Å². The zero-order valence-corrected chi connectivity index (χ0v) is 11.3. The Hall–Kier alpha value is -0.840. The molecule has 4 heteroatoms. The van der Waals surface area contributed by atoms with Crippen molar-refractivity contribution in [2.45, 2.75) is 38.8 Å². The van der Waals surface area contributed by atoms with Crippen molar-refractivity contribution in [3.05, 3.63) is 23.7 Å². The highest BCUT2D eigenvalue weighted by atomic mass is 16.5. The average molecular weight is 253 g/mol. The molecule has 1 N–H and O–H groups in total. The molecule has 1 aromatic heterocycles. The van der Waals surface area contributed by atoms with Crippen LogP contribution in [0.2, 0.25) is 0 Å². The Bertz CT molecular complexity index is 345. The van der Waals surface area contributed by atoms with Gasteiger partial charge in [-0.05, 0) is 38.8 Å². The summed E-state index contributed by atoms with van der Waals surface area (Å²) in [6, 6.07) is 4.23. The fourth-order valence-electron chi connectivity index (χ4n) is 2.12. The van der Waals surface area contributed by atoms with Gasteiger partial charge in [-0.2, -0.15) is 0 Å². The molecule has 0 amide bonds. The average Bonchev–Trinajstić information content (AvgIpc) is 2.99. The monoisotopic (exact) mass is 253 g/mol. The lowest BCUT2D eigenvalue weighted by atomic mass is 10.2. The summed E-state index contributed by atoms with van der Waals surface area (Å²) in [5.74, 6) is 1.93. The minimum atomic E-state index is 0.227. The summed E-state index contributed by atoms with van der Waals surface area (Å²) in [6.45, 7) is 7.20. The predicted molar refractivity (Wildman–Crippen MR) is 69.7 cm³/mol. The van der Waals surface area contributed by atoms with Gasteiger partial charge in [0.25, 0.3) is 0 Å². The highest BCUT2D eigenvalue weighted by Crippen LogP contribution is 2.15. The maximum atomic E-state index is 5.59. The second kappa shape index (κ2) is 6.92. The van der Waals surface area contributed by atoms with Gasteiger partial charge in [0, 0.05) is 13.2 Å². The Labute approximate surface area is 109 Å². The Balaban J connectivity index is 1.54. The SMILES string of the molecule is Cc1ccc(C(C)NCCOCC2CCCO2)o1.